The van der Waals surface area contributed by atoms with Crippen LogP contribution < -0.4 is 10.6 Å². The largest absolute Gasteiger partial charge is 0.343 e. The van der Waals surface area contributed by atoms with Crippen LogP contribution in [0, 0.1) is 5.92 Å². The Labute approximate surface area is 169 Å². The molecule has 28 heavy (non-hydrogen) atoms. The molecule has 1 heterocycles. The molecule has 2 amide bonds. The Balaban J connectivity index is 1.82. The van der Waals surface area contributed by atoms with Crippen molar-refractivity contribution in [1.29, 1.82) is 0 Å². The molecule has 2 aromatic carbocycles. The van der Waals surface area contributed by atoms with Crippen molar-refractivity contribution in [3.63, 3.8) is 0 Å². The zero-order chi connectivity index (χ0) is 19.9. The second kappa shape index (κ2) is 9.33. The van der Waals surface area contributed by atoms with Crippen LogP contribution in [0.25, 0.3) is 0 Å². The Kier molecular flexibility index (Phi) is 6.61. The lowest BCUT2D eigenvalue weighted by Gasteiger charge is -2.26. The highest BCUT2D eigenvalue weighted by atomic mass is 32.1. The van der Waals surface area contributed by atoms with Crippen LogP contribution in [0.5, 0.6) is 0 Å². The van der Waals surface area contributed by atoms with Crippen LogP contribution in [-0.2, 0) is 4.79 Å². The smallest absolute Gasteiger partial charge is 0.262 e. The number of rotatable bonds is 7. The molecule has 0 spiro atoms. The molecular formula is C23H24N2O2S. The van der Waals surface area contributed by atoms with Gasteiger partial charge < -0.3 is 10.6 Å². The summed E-state index contributed by atoms with van der Waals surface area (Å²) in [5, 5.41) is 7.87. The number of benzene rings is 2. The third-order valence-corrected chi connectivity index (χ3v) is 5.40. The lowest BCUT2D eigenvalue weighted by Crippen LogP contribution is -2.50. The van der Waals surface area contributed by atoms with E-state index in [1.165, 1.54) is 11.3 Å². The molecule has 1 atom stereocenters. The van der Waals surface area contributed by atoms with Crippen LogP contribution in [0.2, 0.25) is 0 Å². The van der Waals surface area contributed by atoms with E-state index in [0.29, 0.717) is 4.88 Å². The lowest BCUT2D eigenvalue weighted by atomic mass is 9.97. The third-order valence-electron chi connectivity index (χ3n) is 4.53. The summed E-state index contributed by atoms with van der Waals surface area (Å²) in [6, 6.07) is 22.4. The number of thiophene rings is 1. The van der Waals surface area contributed by atoms with Gasteiger partial charge >= 0.3 is 0 Å². The average Bonchev–Trinajstić information content (AvgIpc) is 3.26. The van der Waals surface area contributed by atoms with E-state index < -0.39 is 6.04 Å². The van der Waals surface area contributed by atoms with Gasteiger partial charge in [0.05, 0.1) is 10.9 Å². The molecule has 3 aromatic rings. The SMILES string of the molecule is CC(C)[C@@H](NC(=O)c1cccs1)C(=O)NC(c1ccccc1)c1ccccc1. The van der Waals surface area contributed by atoms with E-state index in [-0.39, 0.29) is 23.8 Å². The summed E-state index contributed by atoms with van der Waals surface area (Å²) in [4.78, 5) is 26.2. The number of nitrogens with one attached hydrogen (secondary N) is 2. The minimum atomic E-state index is -0.621. The Morgan fingerprint density at radius 2 is 1.36 bits per heavy atom. The third kappa shape index (κ3) is 4.87. The fourth-order valence-electron chi connectivity index (χ4n) is 3.04. The van der Waals surface area contributed by atoms with Crippen molar-refractivity contribution in [3.8, 4) is 0 Å². The second-order valence-corrected chi connectivity index (χ2v) is 7.88. The van der Waals surface area contributed by atoms with Gasteiger partial charge in [-0.05, 0) is 28.5 Å². The van der Waals surface area contributed by atoms with E-state index in [4.69, 9.17) is 0 Å². The van der Waals surface area contributed by atoms with Gasteiger partial charge in [0.1, 0.15) is 6.04 Å². The molecular weight excluding hydrogens is 368 g/mol. The topological polar surface area (TPSA) is 58.2 Å². The van der Waals surface area contributed by atoms with Crippen molar-refractivity contribution in [1.82, 2.24) is 10.6 Å². The van der Waals surface area contributed by atoms with Crippen LogP contribution in [0.1, 0.15) is 40.7 Å². The molecule has 2 N–H and O–H groups in total. The van der Waals surface area contributed by atoms with Gasteiger partial charge in [-0.15, -0.1) is 11.3 Å². The lowest BCUT2D eigenvalue weighted by molar-refractivity contribution is -0.124. The Bertz CT molecular complexity index is 853. The maximum Gasteiger partial charge on any atom is 0.262 e. The highest BCUT2D eigenvalue weighted by Gasteiger charge is 2.27. The molecule has 0 aliphatic heterocycles. The summed E-state index contributed by atoms with van der Waals surface area (Å²) >= 11 is 1.36. The monoisotopic (exact) mass is 392 g/mol. The highest BCUT2D eigenvalue weighted by molar-refractivity contribution is 7.12. The highest BCUT2D eigenvalue weighted by Crippen LogP contribution is 2.22. The van der Waals surface area contributed by atoms with Crippen molar-refractivity contribution in [3.05, 3.63) is 94.2 Å². The first-order valence-electron chi connectivity index (χ1n) is 9.31. The first kappa shape index (κ1) is 19.8. The van der Waals surface area contributed by atoms with Gasteiger partial charge in [-0.1, -0.05) is 80.6 Å². The average molecular weight is 393 g/mol. The first-order valence-corrected chi connectivity index (χ1v) is 10.2. The zero-order valence-corrected chi connectivity index (χ0v) is 16.8. The molecule has 3 rings (SSSR count). The maximum atomic E-state index is 13.1. The molecule has 1 aromatic heterocycles. The van der Waals surface area contributed by atoms with Crippen LogP contribution in [0.15, 0.2) is 78.2 Å². The quantitative estimate of drug-likeness (QED) is 0.626. The number of carbonyl (C=O) groups excluding carboxylic acids is 2. The van der Waals surface area contributed by atoms with Crippen LogP contribution >= 0.6 is 11.3 Å². The van der Waals surface area contributed by atoms with Gasteiger partial charge in [0.15, 0.2) is 0 Å². The predicted molar refractivity (Wildman–Crippen MR) is 113 cm³/mol. The van der Waals surface area contributed by atoms with Gasteiger partial charge in [-0.2, -0.15) is 0 Å². The zero-order valence-electron chi connectivity index (χ0n) is 16.0. The van der Waals surface area contributed by atoms with Crippen molar-refractivity contribution in [2.24, 2.45) is 5.92 Å². The summed E-state index contributed by atoms with van der Waals surface area (Å²) in [5.41, 5.74) is 1.99. The van der Waals surface area contributed by atoms with Crippen LogP contribution in [-0.4, -0.2) is 17.9 Å². The summed E-state index contributed by atoms with van der Waals surface area (Å²) in [7, 11) is 0. The molecule has 144 valence electrons. The summed E-state index contributed by atoms with van der Waals surface area (Å²) < 4.78 is 0. The Morgan fingerprint density at radius 3 is 1.82 bits per heavy atom. The van der Waals surface area contributed by atoms with Crippen LogP contribution in [0.4, 0.5) is 0 Å². The van der Waals surface area contributed by atoms with Crippen molar-refractivity contribution >= 4 is 23.2 Å². The molecule has 0 bridgehead atoms. The maximum absolute atomic E-state index is 13.1. The first-order chi connectivity index (χ1) is 13.6. The van der Waals surface area contributed by atoms with Gasteiger partial charge in [0, 0.05) is 0 Å². The van der Waals surface area contributed by atoms with E-state index >= 15 is 0 Å². The van der Waals surface area contributed by atoms with E-state index in [9.17, 15) is 9.59 Å². The Hall–Kier alpha value is -2.92. The fraction of sp³-hybridized carbons (Fsp3) is 0.217. The summed E-state index contributed by atoms with van der Waals surface area (Å²) in [6.07, 6.45) is 0. The number of hydrogen-bond acceptors (Lipinski definition) is 3. The van der Waals surface area contributed by atoms with E-state index in [1.54, 1.807) is 6.07 Å². The van der Waals surface area contributed by atoms with Crippen molar-refractivity contribution in [2.75, 3.05) is 0 Å². The minimum absolute atomic E-state index is 0.0453. The molecule has 0 saturated carbocycles. The van der Waals surface area contributed by atoms with Gasteiger partial charge in [-0.25, -0.2) is 0 Å². The Morgan fingerprint density at radius 1 is 0.786 bits per heavy atom. The standard InChI is InChI=1S/C23H24N2O2S/c1-16(2)20(24-22(26)19-14-9-15-28-19)23(27)25-21(17-10-5-3-6-11-17)18-12-7-4-8-13-18/h3-16,20-21H,1-2H3,(H,24,26)(H,25,27)/t20-/m1/s1. The summed E-state index contributed by atoms with van der Waals surface area (Å²) in [5.74, 6) is -0.464. The number of hydrogen-bond donors (Lipinski definition) is 2. The molecule has 0 fully saturated rings. The summed E-state index contributed by atoms with van der Waals surface area (Å²) in [6.45, 7) is 3.86. The molecule has 0 aliphatic rings. The van der Waals surface area contributed by atoms with E-state index in [0.717, 1.165) is 11.1 Å². The van der Waals surface area contributed by atoms with Gasteiger partial charge in [0.25, 0.3) is 5.91 Å². The van der Waals surface area contributed by atoms with E-state index in [2.05, 4.69) is 10.6 Å². The number of amides is 2. The number of carbonyl (C=O) groups is 2. The van der Waals surface area contributed by atoms with Gasteiger partial charge in [-0.3, -0.25) is 9.59 Å². The molecule has 0 radical (unpaired) electrons. The molecule has 0 unspecified atom stereocenters. The second-order valence-electron chi connectivity index (χ2n) is 6.94. The van der Waals surface area contributed by atoms with Gasteiger partial charge in [0.2, 0.25) is 5.91 Å². The minimum Gasteiger partial charge on any atom is -0.343 e. The molecule has 5 heteroatoms. The normalized spacial score (nSPS) is 12.0. The van der Waals surface area contributed by atoms with Crippen LogP contribution in [0.3, 0.4) is 0 Å². The van der Waals surface area contributed by atoms with Crippen molar-refractivity contribution in [2.45, 2.75) is 25.9 Å². The van der Waals surface area contributed by atoms with E-state index in [1.807, 2.05) is 86.0 Å². The fourth-order valence-corrected chi connectivity index (χ4v) is 3.66. The van der Waals surface area contributed by atoms with Crippen molar-refractivity contribution < 1.29 is 9.59 Å². The predicted octanol–water partition coefficient (Wildman–Crippen LogP) is 4.41. The molecule has 0 aliphatic carbocycles. The molecule has 4 nitrogen and oxygen atoms in total. The molecule has 0 saturated heterocycles.